The van der Waals surface area contributed by atoms with Gasteiger partial charge in [-0.1, -0.05) is 13.8 Å². The Labute approximate surface area is 103 Å². The number of aromatic nitrogens is 2. The molecule has 0 aliphatic rings. The molecule has 16 heavy (non-hydrogen) atoms. The summed E-state index contributed by atoms with van der Waals surface area (Å²) in [5, 5.41) is 3.55. The van der Waals surface area contributed by atoms with Crippen molar-refractivity contribution in [1.82, 2.24) is 14.9 Å². The lowest BCUT2D eigenvalue weighted by atomic mass is 10.0. The van der Waals surface area contributed by atoms with Gasteiger partial charge in [-0.15, -0.1) is 11.6 Å². The molecular formula is C12H22ClN3. The van der Waals surface area contributed by atoms with Crippen molar-refractivity contribution in [2.45, 2.75) is 39.8 Å². The van der Waals surface area contributed by atoms with Crippen LogP contribution in [0.3, 0.4) is 0 Å². The van der Waals surface area contributed by atoms with Gasteiger partial charge in [0.2, 0.25) is 0 Å². The summed E-state index contributed by atoms with van der Waals surface area (Å²) in [5.41, 5.74) is 0. The predicted molar refractivity (Wildman–Crippen MR) is 68.9 cm³/mol. The summed E-state index contributed by atoms with van der Waals surface area (Å²) >= 11 is 5.79. The highest BCUT2D eigenvalue weighted by molar-refractivity contribution is 6.17. The fourth-order valence-corrected chi connectivity index (χ4v) is 2.03. The number of halogens is 1. The summed E-state index contributed by atoms with van der Waals surface area (Å²) in [4.78, 5) is 4.20. The second-order valence-corrected chi connectivity index (χ2v) is 4.83. The molecule has 1 aromatic heterocycles. The molecule has 1 rings (SSSR count). The number of hydrogen-bond donors (Lipinski definition) is 1. The monoisotopic (exact) mass is 243 g/mol. The van der Waals surface area contributed by atoms with Crippen LogP contribution in [0.4, 0.5) is 0 Å². The topological polar surface area (TPSA) is 29.9 Å². The number of imidazole rings is 1. The van der Waals surface area contributed by atoms with Crippen molar-refractivity contribution in [3.8, 4) is 0 Å². The Balaban J connectivity index is 2.30. The molecule has 0 spiro atoms. The molecule has 0 amide bonds. The van der Waals surface area contributed by atoms with Crippen LogP contribution in [0.5, 0.6) is 0 Å². The van der Waals surface area contributed by atoms with Gasteiger partial charge in [-0.3, -0.25) is 0 Å². The van der Waals surface area contributed by atoms with E-state index in [2.05, 4.69) is 28.7 Å². The molecular weight excluding hydrogens is 222 g/mol. The fourth-order valence-electron chi connectivity index (χ4n) is 1.80. The molecule has 0 radical (unpaired) electrons. The SMILES string of the molecule is Cc1nccn1CCNC(CCCl)C(C)C. The summed E-state index contributed by atoms with van der Waals surface area (Å²) in [6.07, 6.45) is 4.89. The van der Waals surface area contributed by atoms with E-state index < -0.39 is 0 Å². The largest absolute Gasteiger partial charge is 0.334 e. The van der Waals surface area contributed by atoms with Gasteiger partial charge < -0.3 is 9.88 Å². The summed E-state index contributed by atoms with van der Waals surface area (Å²) in [5.74, 6) is 2.42. The first-order valence-corrected chi connectivity index (χ1v) is 6.45. The fraction of sp³-hybridized carbons (Fsp3) is 0.750. The Morgan fingerprint density at radius 2 is 2.25 bits per heavy atom. The van der Waals surface area contributed by atoms with Crippen LogP contribution in [0.2, 0.25) is 0 Å². The molecule has 92 valence electrons. The molecule has 1 atom stereocenters. The van der Waals surface area contributed by atoms with Crippen molar-refractivity contribution in [3.05, 3.63) is 18.2 Å². The molecule has 0 saturated heterocycles. The first kappa shape index (κ1) is 13.5. The first-order chi connectivity index (χ1) is 7.65. The molecule has 1 unspecified atom stereocenters. The molecule has 0 aliphatic heterocycles. The number of nitrogens with zero attached hydrogens (tertiary/aromatic N) is 2. The van der Waals surface area contributed by atoms with Gasteiger partial charge in [0.15, 0.2) is 0 Å². The molecule has 1 heterocycles. The molecule has 3 nitrogen and oxygen atoms in total. The smallest absolute Gasteiger partial charge is 0.105 e. The van der Waals surface area contributed by atoms with Crippen molar-refractivity contribution in [2.24, 2.45) is 5.92 Å². The van der Waals surface area contributed by atoms with Crippen LogP contribution in [-0.4, -0.2) is 28.0 Å². The van der Waals surface area contributed by atoms with Gasteiger partial charge in [0.25, 0.3) is 0 Å². The lowest BCUT2D eigenvalue weighted by Gasteiger charge is -2.21. The predicted octanol–water partition coefficient (Wildman–Crippen LogP) is 2.43. The maximum Gasteiger partial charge on any atom is 0.105 e. The molecule has 0 saturated carbocycles. The molecule has 0 bridgehead atoms. The first-order valence-electron chi connectivity index (χ1n) is 5.92. The Kier molecular flexibility index (Phi) is 5.85. The molecule has 0 fully saturated rings. The Bertz CT molecular complexity index is 296. The minimum Gasteiger partial charge on any atom is -0.334 e. The number of aryl methyl sites for hydroxylation is 1. The van der Waals surface area contributed by atoms with Crippen LogP contribution >= 0.6 is 11.6 Å². The van der Waals surface area contributed by atoms with Gasteiger partial charge in [0.05, 0.1) is 0 Å². The Hall–Kier alpha value is -0.540. The van der Waals surface area contributed by atoms with E-state index in [1.54, 1.807) is 0 Å². The van der Waals surface area contributed by atoms with Crippen LogP contribution < -0.4 is 5.32 Å². The summed E-state index contributed by atoms with van der Waals surface area (Å²) in [7, 11) is 0. The average Bonchev–Trinajstić information content (AvgIpc) is 2.63. The van der Waals surface area contributed by atoms with E-state index in [0.717, 1.165) is 31.2 Å². The van der Waals surface area contributed by atoms with Gasteiger partial charge in [-0.25, -0.2) is 4.98 Å². The van der Waals surface area contributed by atoms with Crippen LogP contribution in [0.15, 0.2) is 12.4 Å². The van der Waals surface area contributed by atoms with E-state index >= 15 is 0 Å². The highest BCUT2D eigenvalue weighted by Gasteiger charge is 2.11. The van der Waals surface area contributed by atoms with E-state index in [9.17, 15) is 0 Å². The van der Waals surface area contributed by atoms with E-state index in [0.29, 0.717) is 12.0 Å². The third-order valence-electron chi connectivity index (χ3n) is 2.91. The zero-order chi connectivity index (χ0) is 12.0. The van der Waals surface area contributed by atoms with E-state index in [1.165, 1.54) is 0 Å². The maximum atomic E-state index is 5.79. The molecule has 0 aliphatic carbocycles. The third-order valence-corrected chi connectivity index (χ3v) is 3.13. The third kappa shape index (κ3) is 4.14. The van der Waals surface area contributed by atoms with Gasteiger partial charge >= 0.3 is 0 Å². The summed E-state index contributed by atoms with van der Waals surface area (Å²) < 4.78 is 2.16. The van der Waals surface area contributed by atoms with E-state index in [4.69, 9.17) is 11.6 Å². The van der Waals surface area contributed by atoms with E-state index in [1.807, 2.05) is 19.3 Å². The second-order valence-electron chi connectivity index (χ2n) is 4.45. The van der Waals surface area contributed by atoms with Gasteiger partial charge in [-0.05, 0) is 19.3 Å². The van der Waals surface area contributed by atoms with Crippen molar-refractivity contribution in [1.29, 1.82) is 0 Å². The number of alkyl halides is 1. The normalized spacial score (nSPS) is 13.3. The highest BCUT2D eigenvalue weighted by Crippen LogP contribution is 2.06. The minimum absolute atomic E-state index is 0.515. The Morgan fingerprint density at radius 3 is 2.75 bits per heavy atom. The van der Waals surface area contributed by atoms with Crippen molar-refractivity contribution in [2.75, 3.05) is 12.4 Å². The van der Waals surface area contributed by atoms with Crippen molar-refractivity contribution < 1.29 is 0 Å². The van der Waals surface area contributed by atoms with Crippen LogP contribution in [0.1, 0.15) is 26.1 Å². The van der Waals surface area contributed by atoms with Gasteiger partial charge in [0.1, 0.15) is 5.82 Å². The van der Waals surface area contributed by atoms with Crippen molar-refractivity contribution in [3.63, 3.8) is 0 Å². The maximum absolute atomic E-state index is 5.79. The van der Waals surface area contributed by atoms with Crippen LogP contribution in [0.25, 0.3) is 0 Å². The van der Waals surface area contributed by atoms with Crippen LogP contribution in [0, 0.1) is 12.8 Å². The molecule has 0 aromatic carbocycles. The standard InChI is InChI=1S/C12H22ClN3/c1-10(2)12(4-5-13)15-7-9-16-8-6-14-11(16)3/h6,8,10,12,15H,4-5,7,9H2,1-3H3. The average molecular weight is 244 g/mol. The van der Waals surface area contributed by atoms with Crippen LogP contribution in [-0.2, 0) is 6.54 Å². The summed E-state index contributed by atoms with van der Waals surface area (Å²) in [6.45, 7) is 8.42. The minimum atomic E-state index is 0.515. The Morgan fingerprint density at radius 1 is 1.50 bits per heavy atom. The molecule has 4 heteroatoms. The zero-order valence-corrected chi connectivity index (χ0v) is 11.2. The second kappa shape index (κ2) is 6.92. The van der Waals surface area contributed by atoms with Gasteiger partial charge in [-0.2, -0.15) is 0 Å². The van der Waals surface area contributed by atoms with Gasteiger partial charge in [0, 0.05) is 37.4 Å². The number of nitrogens with one attached hydrogen (secondary N) is 1. The summed E-state index contributed by atoms with van der Waals surface area (Å²) in [6, 6.07) is 0.515. The van der Waals surface area contributed by atoms with Crippen molar-refractivity contribution >= 4 is 11.6 Å². The lowest BCUT2D eigenvalue weighted by Crippen LogP contribution is -2.36. The molecule has 1 N–H and O–H groups in total. The highest BCUT2D eigenvalue weighted by atomic mass is 35.5. The lowest BCUT2D eigenvalue weighted by molar-refractivity contribution is 0.382. The molecule has 1 aromatic rings. The number of rotatable bonds is 7. The van der Waals surface area contributed by atoms with E-state index in [-0.39, 0.29) is 0 Å². The quantitative estimate of drug-likeness (QED) is 0.746. The number of hydrogen-bond acceptors (Lipinski definition) is 2. The zero-order valence-electron chi connectivity index (χ0n) is 10.4.